The van der Waals surface area contributed by atoms with Gasteiger partial charge in [-0.15, -0.1) is 0 Å². The van der Waals surface area contributed by atoms with Crippen LogP contribution in [0.3, 0.4) is 0 Å². The first-order valence-corrected chi connectivity index (χ1v) is 8.33. The van der Waals surface area contributed by atoms with Gasteiger partial charge in [0, 0.05) is 19.1 Å². The van der Waals surface area contributed by atoms with E-state index in [1.54, 1.807) is 0 Å². The monoisotopic (exact) mass is 288 g/mol. The van der Waals surface area contributed by atoms with Crippen LogP contribution in [0, 0.1) is 25.7 Å². The molecular weight excluding hydrogens is 260 g/mol. The number of rotatable bonds is 5. The summed E-state index contributed by atoms with van der Waals surface area (Å²) in [5.41, 5.74) is 2.55. The molecular formula is C18H28N2O. The molecule has 3 rings (SSSR count). The highest BCUT2D eigenvalue weighted by atomic mass is 16.5. The third kappa shape index (κ3) is 3.24. The minimum Gasteiger partial charge on any atom is -0.492 e. The maximum atomic E-state index is 5.99. The summed E-state index contributed by atoms with van der Waals surface area (Å²) in [7, 11) is 0. The molecule has 3 nitrogen and oxygen atoms in total. The van der Waals surface area contributed by atoms with Crippen molar-refractivity contribution < 1.29 is 4.74 Å². The molecule has 0 bridgehead atoms. The lowest BCUT2D eigenvalue weighted by atomic mass is 9.93. The van der Waals surface area contributed by atoms with Gasteiger partial charge < -0.3 is 10.1 Å². The normalized spacial score (nSPS) is 28.8. The summed E-state index contributed by atoms with van der Waals surface area (Å²) in [6, 6.07) is 7.20. The second kappa shape index (κ2) is 6.37. The van der Waals surface area contributed by atoms with Crippen molar-refractivity contribution in [3.8, 4) is 5.75 Å². The van der Waals surface area contributed by atoms with Crippen LogP contribution in [0.15, 0.2) is 18.2 Å². The van der Waals surface area contributed by atoms with Crippen LogP contribution >= 0.6 is 0 Å². The summed E-state index contributed by atoms with van der Waals surface area (Å²) >= 11 is 0. The number of ether oxygens (including phenoxy) is 1. The topological polar surface area (TPSA) is 24.5 Å². The van der Waals surface area contributed by atoms with Crippen LogP contribution in [0.4, 0.5) is 0 Å². The summed E-state index contributed by atoms with van der Waals surface area (Å²) in [6.45, 7) is 12.1. The van der Waals surface area contributed by atoms with E-state index >= 15 is 0 Å². The predicted octanol–water partition coefficient (Wildman–Crippen LogP) is 2.61. The number of hydrogen-bond acceptors (Lipinski definition) is 3. The number of likely N-dealkylation sites (tertiary alicyclic amines) is 1. The molecule has 0 saturated carbocycles. The average Bonchev–Trinajstić information content (AvgIpc) is 2.97. The van der Waals surface area contributed by atoms with Crippen molar-refractivity contribution in [2.24, 2.45) is 11.8 Å². The van der Waals surface area contributed by atoms with E-state index in [9.17, 15) is 0 Å². The van der Waals surface area contributed by atoms with Gasteiger partial charge >= 0.3 is 0 Å². The van der Waals surface area contributed by atoms with Gasteiger partial charge in [-0.1, -0.05) is 13.0 Å². The van der Waals surface area contributed by atoms with Crippen molar-refractivity contribution >= 4 is 0 Å². The van der Waals surface area contributed by atoms with Gasteiger partial charge in [-0.3, -0.25) is 4.90 Å². The smallest absolute Gasteiger partial charge is 0.119 e. The van der Waals surface area contributed by atoms with E-state index < -0.39 is 0 Å². The van der Waals surface area contributed by atoms with Gasteiger partial charge in [0.1, 0.15) is 12.4 Å². The van der Waals surface area contributed by atoms with E-state index in [-0.39, 0.29) is 0 Å². The maximum absolute atomic E-state index is 5.99. The first kappa shape index (κ1) is 14.9. The van der Waals surface area contributed by atoms with Crippen LogP contribution in [-0.4, -0.2) is 43.7 Å². The molecule has 2 fully saturated rings. The summed E-state index contributed by atoms with van der Waals surface area (Å²) in [4.78, 5) is 2.65. The van der Waals surface area contributed by atoms with Gasteiger partial charge in [0.2, 0.25) is 0 Å². The molecule has 1 aromatic carbocycles. The second-order valence-corrected chi connectivity index (χ2v) is 6.72. The van der Waals surface area contributed by atoms with Crippen molar-refractivity contribution in [2.75, 3.05) is 32.8 Å². The molecule has 116 valence electrons. The molecule has 2 aliphatic rings. The van der Waals surface area contributed by atoms with Gasteiger partial charge in [-0.05, 0) is 68.5 Å². The van der Waals surface area contributed by atoms with Crippen LogP contribution in [0.1, 0.15) is 24.5 Å². The second-order valence-electron chi connectivity index (χ2n) is 6.72. The minimum atomic E-state index is 0.743. The van der Waals surface area contributed by atoms with Gasteiger partial charge in [0.15, 0.2) is 0 Å². The average molecular weight is 288 g/mol. The van der Waals surface area contributed by atoms with Crippen LogP contribution in [-0.2, 0) is 0 Å². The molecule has 0 aromatic heterocycles. The Hall–Kier alpha value is -1.06. The molecule has 2 aliphatic heterocycles. The zero-order valence-corrected chi connectivity index (χ0v) is 13.6. The third-order valence-corrected chi connectivity index (χ3v) is 5.09. The van der Waals surface area contributed by atoms with Crippen LogP contribution in [0.2, 0.25) is 0 Å². The van der Waals surface area contributed by atoms with Crippen molar-refractivity contribution in [2.45, 2.75) is 33.2 Å². The largest absolute Gasteiger partial charge is 0.492 e. The standard InChI is InChI=1S/C18H28N2O/c1-4-18-17-11-19-10-15(17)12-20(18)5-6-21-16-8-13(2)7-14(3)9-16/h7-9,15,17-19H,4-6,10-12H2,1-3H3. The first-order chi connectivity index (χ1) is 10.2. The Morgan fingerprint density at radius 3 is 2.67 bits per heavy atom. The van der Waals surface area contributed by atoms with Crippen molar-refractivity contribution in [1.29, 1.82) is 0 Å². The van der Waals surface area contributed by atoms with Crippen LogP contribution in [0.25, 0.3) is 0 Å². The van der Waals surface area contributed by atoms with Gasteiger partial charge in [-0.2, -0.15) is 0 Å². The van der Waals surface area contributed by atoms with E-state index in [0.717, 1.165) is 36.8 Å². The Morgan fingerprint density at radius 2 is 1.95 bits per heavy atom. The fraction of sp³-hybridized carbons (Fsp3) is 0.667. The Kier molecular flexibility index (Phi) is 4.51. The maximum Gasteiger partial charge on any atom is 0.119 e. The number of nitrogens with one attached hydrogen (secondary N) is 1. The zero-order chi connectivity index (χ0) is 14.8. The molecule has 0 radical (unpaired) electrons. The Morgan fingerprint density at radius 1 is 1.19 bits per heavy atom. The summed E-state index contributed by atoms with van der Waals surface area (Å²) in [6.07, 6.45) is 1.26. The lowest BCUT2D eigenvalue weighted by Gasteiger charge is -2.26. The summed E-state index contributed by atoms with van der Waals surface area (Å²) in [5.74, 6) is 2.73. The lowest BCUT2D eigenvalue weighted by Crippen LogP contribution is -2.37. The number of nitrogens with zero attached hydrogens (tertiary/aromatic N) is 1. The molecule has 3 unspecified atom stereocenters. The van der Waals surface area contributed by atoms with Gasteiger partial charge in [0.25, 0.3) is 0 Å². The summed E-state index contributed by atoms with van der Waals surface area (Å²) in [5, 5.41) is 3.55. The van der Waals surface area contributed by atoms with Gasteiger partial charge in [-0.25, -0.2) is 0 Å². The Labute approximate surface area is 128 Å². The van der Waals surface area contributed by atoms with E-state index in [2.05, 4.69) is 49.2 Å². The lowest BCUT2D eigenvalue weighted by molar-refractivity contribution is 0.176. The van der Waals surface area contributed by atoms with E-state index in [1.165, 1.54) is 37.2 Å². The highest BCUT2D eigenvalue weighted by Gasteiger charge is 2.42. The molecule has 1 N–H and O–H groups in total. The highest BCUT2D eigenvalue weighted by Crippen LogP contribution is 2.33. The molecule has 0 aliphatic carbocycles. The molecule has 0 spiro atoms. The van der Waals surface area contributed by atoms with Crippen LogP contribution in [0.5, 0.6) is 5.75 Å². The quantitative estimate of drug-likeness (QED) is 0.901. The first-order valence-electron chi connectivity index (χ1n) is 8.33. The van der Waals surface area contributed by atoms with Gasteiger partial charge in [0.05, 0.1) is 0 Å². The number of fused-ring (bicyclic) bond motifs is 1. The Bertz CT molecular complexity index is 468. The molecule has 21 heavy (non-hydrogen) atoms. The molecule has 0 amide bonds. The number of aryl methyl sites for hydroxylation is 2. The van der Waals surface area contributed by atoms with Crippen molar-refractivity contribution in [1.82, 2.24) is 10.2 Å². The fourth-order valence-corrected chi connectivity index (χ4v) is 4.23. The molecule has 2 heterocycles. The van der Waals surface area contributed by atoms with E-state index in [4.69, 9.17) is 4.74 Å². The summed E-state index contributed by atoms with van der Waals surface area (Å²) < 4.78 is 5.99. The number of hydrogen-bond donors (Lipinski definition) is 1. The SMILES string of the molecule is CCC1C2CNCC2CN1CCOc1cc(C)cc(C)c1. The van der Waals surface area contributed by atoms with E-state index in [1.807, 2.05) is 0 Å². The Balaban J connectivity index is 1.53. The fourth-order valence-electron chi connectivity index (χ4n) is 4.23. The van der Waals surface area contributed by atoms with E-state index in [0.29, 0.717) is 0 Å². The highest BCUT2D eigenvalue weighted by molar-refractivity contribution is 5.32. The molecule has 1 aromatic rings. The molecule has 2 saturated heterocycles. The molecule has 3 atom stereocenters. The number of benzene rings is 1. The van der Waals surface area contributed by atoms with Crippen LogP contribution < -0.4 is 10.1 Å². The minimum absolute atomic E-state index is 0.743. The zero-order valence-electron chi connectivity index (χ0n) is 13.6. The molecule has 3 heteroatoms. The van der Waals surface area contributed by atoms with Crippen molar-refractivity contribution in [3.63, 3.8) is 0 Å². The van der Waals surface area contributed by atoms with Crippen molar-refractivity contribution in [3.05, 3.63) is 29.3 Å². The predicted molar refractivity (Wildman–Crippen MR) is 86.9 cm³/mol. The third-order valence-electron chi connectivity index (χ3n) is 5.09.